The normalized spacial score (nSPS) is 10.5. The van der Waals surface area contributed by atoms with Gasteiger partial charge in [-0.1, -0.05) is 31.2 Å². The average Bonchev–Trinajstić information content (AvgIpc) is 2.56. The van der Waals surface area contributed by atoms with E-state index in [9.17, 15) is 8.78 Å². The minimum Gasteiger partial charge on any atom is -0.435 e. The van der Waals surface area contributed by atoms with Crippen molar-refractivity contribution in [1.29, 1.82) is 0 Å². The molecule has 0 aliphatic rings. The highest BCUT2D eigenvalue weighted by Crippen LogP contribution is 2.15. The highest BCUT2D eigenvalue weighted by Gasteiger charge is 2.04. The van der Waals surface area contributed by atoms with Gasteiger partial charge in [0.2, 0.25) is 0 Å². The van der Waals surface area contributed by atoms with Gasteiger partial charge in [0.25, 0.3) is 0 Å². The average molecular weight is 350 g/mol. The Labute approximate surface area is 146 Å². The predicted molar refractivity (Wildman–Crippen MR) is 96.8 cm³/mol. The smallest absolute Gasteiger partial charge is 0.387 e. The van der Waals surface area contributed by atoms with Gasteiger partial charge >= 0.3 is 6.61 Å². The number of thiocarbonyl (C=S) groups is 1. The first-order chi connectivity index (χ1) is 11.6. The second-order valence-corrected chi connectivity index (χ2v) is 5.62. The maximum absolute atomic E-state index is 12.1. The minimum absolute atomic E-state index is 0.162. The van der Waals surface area contributed by atoms with Gasteiger partial charge in [0.05, 0.1) is 0 Å². The predicted octanol–water partition coefficient (Wildman–Crippen LogP) is 4.38. The lowest BCUT2D eigenvalue weighted by Gasteiger charge is -2.11. The van der Waals surface area contributed by atoms with Crippen LogP contribution in [0.3, 0.4) is 0 Å². The van der Waals surface area contributed by atoms with E-state index in [1.165, 1.54) is 17.7 Å². The molecule has 0 spiro atoms. The van der Waals surface area contributed by atoms with Crippen LogP contribution in [0.5, 0.6) is 5.75 Å². The Bertz CT molecular complexity index is 662. The monoisotopic (exact) mass is 350 g/mol. The van der Waals surface area contributed by atoms with Crippen molar-refractivity contribution < 1.29 is 13.5 Å². The number of anilines is 1. The molecular formula is C18H20F2N2OS. The molecule has 0 heterocycles. The standard InChI is InChI=1S/C18H20F2N2OS/c1-2-13-4-3-5-15(12-13)22-18(24)21-11-10-14-6-8-16(9-7-14)23-17(19)20/h3-9,12,17H,2,10-11H2,1H3,(H2,21,22,24). The lowest BCUT2D eigenvalue weighted by Crippen LogP contribution is -2.30. The minimum atomic E-state index is -2.80. The summed E-state index contributed by atoms with van der Waals surface area (Å²) in [6.07, 6.45) is 1.70. The molecule has 0 saturated heterocycles. The number of rotatable bonds is 7. The summed E-state index contributed by atoms with van der Waals surface area (Å²) in [5.74, 6) is 0.162. The third-order valence-corrected chi connectivity index (χ3v) is 3.69. The summed E-state index contributed by atoms with van der Waals surface area (Å²) in [5.41, 5.74) is 3.22. The second kappa shape index (κ2) is 9.17. The summed E-state index contributed by atoms with van der Waals surface area (Å²) in [6.45, 7) is -0.0473. The lowest BCUT2D eigenvalue weighted by atomic mass is 10.1. The summed E-state index contributed by atoms with van der Waals surface area (Å²) < 4.78 is 28.5. The first-order valence-electron chi connectivity index (χ1n) is 7.74. The molecule has 0 atom stereocenters. The van der Waals surface area contributed by atoms with E-state index in [0.717, 1.165) is 24.1 Å². The molecule has 0 aromatic heterocycles. The van der Waals surface area contributed by atoms with Crippen LogP contribution in [-0.4, -0.2) is 18.3 Å². The molecule has 128 valence electrons. The van der Waals surface area contributed by atoms with Gasteiger partial charge in [-0.05, 0) is 60.5 Å². The maximum atomic E-state index is 12.1. The third kappa shape index (κ3) is 6.12. The number of nitrogens with one attached hydrogen (secondary N) is 2. The topological polar surface area (TPSA) is 33.3 Å². The van der Waals surface area contributed by atoms with Crippen LogP contribution in [0, 0.1) is 0 Å². The number of halogens is 2. The number of hydrogen-bond donors (Lipinski definition) is 2. The van der Waals surface area contributed by atoms with Crippen LogP contribution < -0.4 is 15.4 Å². The van der Waals surface area contributed by atoms with Crippen LogP contribution in [0.15, 0.2) is 48.5 Å². The Hall–Kier alpha value is -2.21. The molecule has 2 rings (SSSR count). The number of alkyl halides is 2. The largest absolute Gasteiger partial charge is 0.435 e. The fraction of sp³-hybridized carbons (Fsp3) is 0.278. The molecule has 6 heteroatoms. The fourth-order valence-electron chi connectivity index (χ4n) is 2.20. The van der Waals surface area contributed by atoms with E-state index in [2.05, 4.69) is 34.4 Å². The van der Waals surface area contributed by atoms with Crippen molar-refractivity contribution in [2.45, 2.75) is 26.4 Å². The van der Waals surface area contributed by atoms with E-state index < -0.39 is 6.61 Å². The zero-order valence-corrected chi connectivity index (χ0v) is 14.2. The van der Waals surface area contributed by atoms with E-state index in [1.54, 1.807) is 12.1 Å². The fourth-order valence-corrected chi connectivity index (χ4v) is 2.42. The number of benzene rings is 2. The molecule has 0 bridgehead atoms. The highest BCUT2D eigenvalue weighted by molar-refractivity contribution is 7.80. The number of hydrogen-bond acceptors (Lipinski definition) is 2. The maximum Gasteiger partial charge on any atom is 0.387 e. The number of ether oxygens (including phenoxy) is 1. The molecule has 0 unspecified atom stereocenters. The molecule has 2 aromatic rings. The quantitative estimate of drug-likeness (QED) is 0.726. The van der Waals surface area contributed by atoms with Gasteiger partial charge in [0.15, 0.2) is 5.11 Å². The van der Waals surface area contributed by atoms with Crippen molar-refractivity contribution in [3.8, 4) is 5.75 Å². The van der Waals surface area contributed by atoms with Crippen molar-refractivity contribution in [3.63, 3.8) is 0 Å². The Morgan fingerprint density at radius 1 is 1.12 bits per heavy atom. The Morgan fingerprint density at radius 3 is 2.54 bits per heavy atom. The molecule has 0 aliphatic heterocycles. The highest BCUT2D eigenvalue weighted by atomic mass is 32.1. The lowest BCUT2D eigenvalue weighted by molar-refractivity contribution is -0.0498. The summed E-state index contributed by atoms with van der Waals surface area (Å²) >= 11 is 5.27. The summed E-state index contributed by atoms with van der Waals surface area (Å²) in [6, 6.07) is 14.7. The molecule has 0 saturated carbocycles. The zero-order valence-electron chi connectivity index (χ0n) is 13.4. The molecule has 0 amide bonds. The van der Waals surface area contributed by atoms with Gasteiger partial charge < -0.3 is 15.4 Å². The van der Waals surface area contributed by atoms with Gasteiger partial charge in [-0.15, -0.1) is 0 Å². The van der Waals surface area contributed by atoms with Crippen molar-refractivity contribution in [2.75, 3.05) is 11.9 Å². The van der Waals surface area contributed by atoms with Gasteiger partial charge in [-0.2, -0.15) is 8.78 Å². The van der Waals surface area contributed by atoms with Crippen molar-refractivity contribution >= 4 is 23.0 Å². The van der Waals surface area contributed by atoms with Gasteiger partial charge in [0.1, 0.15) is 5.75 Å². The van der Waals surface area contributed by atoms with E-state index in [1.807, 2.05) is 12.1 Å². The molecular weight excluding hydrogens is 330 g/mol. The molecule has 0 aliphatic carbocycles. The van der Waals surface area contributed by atoms with Crippen molar-refractivity contribution in [1.82, 2.24) is 5.32 Å². The molecule has 3 nitrogen and oxygen atoms in total. The zero-order chi connectivity index (χ0) is 17.4. The van der Waals surface area contributed by atoms with Crippen LogP contribution in [0.4, 0.5) is 14.5 Å². The van der Waals surface area contributed by atoms with Gasteiger partial charge in [-0.25, -0.2) is 0 Å². The summed E-state index contributed by atoms with van der Waals surface area (Å²) in [5, 5.41) is 6.84. The SMILES string of the molecule is CCc1cccc(NC(=S)NCCc2ccc(OC(F)F)cc2)c1. The van der Waals surface area contributed by atoms with Crippen molar-refractivity contribution in [2.24, 2.45) is 0 Å². The Balaban J connectivity index is 1.75. The molecule has 0 fully saturated rings. The molecule has 2 N–H and O–H groups in total. The molecule has 2 aromatic carbocycles. The van der Waals surface area contributed by atoms with Crippen molar-refractivity contribution in [3.05, 3.63) is 59.7 Å². The number of aryl methyl sites for hydroxylation is 1. The third-order valence-electron chi connectivity index (χ3n) is 3.44. The Morgan fingerprint density at radius 2 is 1.88 bits per heavy atom. The van der Waals surface area contributed by atoms with Crippen LogP contribution >= 0.6 is 12.2 Å². The first kappa shape index (κ1) is 18.1. The first-order valence-corrected chi connectivity index (χ1v) is 8.15. The van der Waals surface area contributed by atoms with E-state index in [-0.39, 0.29) is 5.75 Å². The van der Waals surface area contributed by atoms with Gasteiger partial charge in [0, 0.05) is 12.2 Å². The van der Waals surface area contributed by atoms with Crippen LogP contribution in [0.1, 0.15) is 18.1 Å². The molecule has 24 heavy (non-hydrogen) atoms. The van der Waals surface area contributed by atoms with Crippen LogP contribution in [0.2, 0.25) is 0 Å². The molecule has 0 radical (unpaired) electrons. The van der Waals surface area contributed by atoms with E-state index in [4.69, 9.17) is 12.2 Å². The van der Waals surface area contributed by atoms with E-state index >= 15 is 0 Å². The van der Waals surface area contributed by atoms with Crippen LogP contribution in [-0.2, 0) is 12.8 Å². The second-order valence-electron chi connectivity index (χ2n) is 5.21. The summed E-state index contributed by atoms with van der Waals surface area (Å²) in [4.78, 5) is 0. The van der Waals surface area contributed by atoms with Crippen LogP contribution in [0.25, 0.3) is 0 Å². The van der Waals surface area contributed by atoms with E-state index in [0.29, 0.717) is 11.7 Å². The Kier molecular flexibility index (Phi) is 6.93. The summed E-state index contributed by atoms with van der Waals surface area (Å²) in [7, 11) is 0. The van der Waals surface area contributed by atoms with Gasteiger partial charge in [-0.3, -0.25) is 0 Å².